The maximum Gasteiger partial charge on any atom is 0.264 e. The summed E-state index contributed by atoms with van der Waals surface area (Å²) in [6, 6.07) is 9.89. The number of β-amino-alcohol motifs (C(OH)–C–C–N with tert-alkyl or cyclic N) is 1. The fourth-order valence-electron chi connectivity index (χ4n) is 4.79. The van der Waals surface area contributed by atoms with Gasteiger partial charge in [-0.3, -0.25) is 4.90 Å². The maximum atomic E-state index is 13.4. The summed E-state index contributed by atoms with van der Waals surface area (Å²) in [5, 5.41) is 23.4. The number of halogens is 1. The highest BCUT2D eigenvalue weighted by molar-refractivity contribution is 7.89. The van der Waals surface area contributed by atoms with Gasteiger partial charge in [0.25, 0.3) is 10.0 Å². The Morgan fingerprint density at radius 2 is 1.89 bits per heavy atom. The monoisotopic (exact) mass is 513 g/mol. The molecule has 2 atom stereocenters. The molecule has 0 saturated carbocycles. The average molecular weight is 514 g/mol. The molecule has 0 bridgehead atoms. The van der Waals surface area contributed by atoms with E-state index < -0.39 is 16.1 Å². The number of piperazine rings is 1. The molecule has 2 unspecified atom stereocenters. The van der Waals surface area contributed by atoms with Gasteiger partial charge in [0.15, 0.2) is 0 Å². The van der Waals surface area contributed by atoms with Gasteiger partial charge in [-0.25, -0.2) is 17.5 Å². The van der Waals surface area contributed by atoms with E-state index in [1.54, 1.807) is 37.0 Å². The lowest BCUT2D eigenvalue weighted by atomic mass is 9.96. The van der Waals surface area contributed by atoms with Gasteiger partial charge in [-0.15, -0.1) is 5.10 Å². The van der Waals surface area contributed by atoms with Crippen LogP contribution in [0.4, 0.5) is 4.39 Å². The average Bonchev–Trinajstić information content (AvgIpc) is 3.45. The first-order chi connectivity index (χ1) is 17.1. The van der Waals surface area contributed by atoms with Gasteiger partial charge < -0.3 is 5.11 Å². The van der Waals surface area contributed by atoms with Crippen molar-refractivity contribution in [2.24, 2.45) is 7.05 Å². The van der Waals surface area contributed by atoms with Gasteiger partial charge >= 0.3 is 0 Å². The van der Waals surface area contributed by atoms with E-state index in [2.05, 4.69) is 20.2 Å². The molecule has 190 valence electrons. The van der Waals surface area contributed by atoms with E-state index >= 15 is 0 Å². The minimum Gasteiger partial charge on any atom is -0.392 e. The molecular weight excluding hydrogens is 485 g/mol. The lowest BCUT2D eigenvalue weighted by Crippen LogP contribution is -2.52. The molecule has 3 heterocycles. The van der Waals surface area contributed by atoms with Gasteiger partial charge in [-0.1, -0.05) is 0 Å². The first kappa shape index (κ1) is 24.5. The molecule has 0 aliphatic carbocycles. The predicted molar refractivity (Wildman–Crippen MR) is 132 cm³/mol. The first-order valence-corrected chi connectivity index (χ1v) is 13.1. The highest BCUT2D eigenvalue weighted by Crippen LogP contribution is 2.33. The Balaban J connectivity index is 1.53. The van der Waals surface area contributed by atoms with Crippen molar-refractivity contribution in [3.63, 3.8) is 0 Å². The van der Waals surface area contributed by atoms with E-state index in [0.717, 1.165) is 27.7 Å². The number of aliphatic hydroxyl groups is 1. The summed E-state index contributed by atoms with van der Waals surface area (Å²) in [6.07, 6.45) is 2.44. The van der Waals surface area contributed by atoms with Crippen molar-refractivity contribution in [1.82, 2.24) is 34.0 Å². The second-order valence-electron chi connectivity index (χ2n) is 9.20. The third kappa shape index (κ3) is 4.52. The van der Waals surface area contributed by atoms with Crippen LogP contribution in [0, 0.1) is 12.7 Å². The number of nitrogens with zero attached hydrogens (tertiary/aromatic N) is 7. The van der Waals surface area contributed by atoms with Gasteiger partial charge in [0.1, 0.15) is 5.82 Å². The van der Waals surface area contributed by atoms with Gasteiger partial charge in [0.2, 0.25) is 5.03 Å². The molecule has 2 aromatic heterocycles. The van der Waals surface area contributed by atoms with Crippen molar-refractivity contribution >= 4 is 20.9 Å². The molecule has 10 nitrogen and oxygen atoms in total. The molecule has 12 heteroatoms. The Kier molecular flexibility index (Phi) is 6.37. The number of hydrogen-bond donors (Lipinski definition) is 1. The van der Waals surface area contributed by atoms with Crippen LogP contribution in [-0.4, -0.2) is 79.8 Å². The predicted octanol–water partition coefficient (Wildman–Crippen LogP) is 2.03. The third-order valence-corrected chi connectivity index (χ3v) is 8.25. The second kappa shape index (κ2) is 9.36. The molecule has 0 amide bonds. The molecule has 0 radical (unpaired) electrons. The summed E-state index contributed by atoms with van der Waals surface area (Å²) >= 11 is 0. The first-order valence-electron chi connectivity index (χ1n) is 11.7. The summed E-state index contributed by atoms with van der Waals surface area (Å²) < 4.78 is 43.2. The number of fused-ring (bicyclic) bond motifs is 1. The van der Waals surface area contributed by atoms with E-state index in [9.17, 15) is 17.9 Å². The lowest BCUT2D eigenvalue weighted by Gasteiger charge is -2.41. The SMILES string of the molecule is Cc1cc2c(cnn2-c2ccc(F)cc2)cc1C1CN(S(=O)(=O)c2cnn(C)n2)CCN1CC(C)O. The number of aryl methyl sites for hydroxylation is 2. The largest absolute Gasteiger partial charge is 0.392 e. The molecule has 1 N–H and O–H groups in total. The third-order valence-electron chi connectivity index (χ3n) is 6.52. The number of aromatic nitrogens is 5. The number of benzene rings is 2. The standard InChI is InChI=1S/C24H28FN7O3S/c1-16-10-22-18(12-27-32(22)20-6-4-19(25)5-7-20)11-21(16)23-15-31(9-8-30(23)14-17(2)33)36(34,35)24-13-26-29(3)28-24/h4-7,10-13,17,23,33H,8-9,14-15H2,1-3H3. The highest BCUT2D eigenvalue weighted by Gasteiger charge is 2.37. The number of aliphatic hydroxyl groups excluding tert-OH is 1. The van der Waals surface area contributed by atoms with E-state index in [0.29, 0.717) is 13.1 Å². The molecule has 4 aromatic rings. The summed E-state index contributed by atoms with van der Waals surface area (Å²) in [5.74, 6) is -0.315. The van der Waals surface area contributed by atoms with Gasteiger partial charge in [0, 0.05) is 44.7 Å². The Bertz CT molecular complexity index is 1500. The molecule has 1 saturated heterocycles. The van der Waals surface area contributed by atoms with Gasteiger partial charge in [0.05, 0.1) is 29.7 Å². The maximum absolute atomic E-state index is 13.4. The van der Waals surface area contributed by atoms with Crippen molar-refractivity contribution in [3.8, 4) is 5.69 Å². The smallest absolute Gasteiger partial charge is 0.264 e. The van der Waals surface area contributed by atoms with E-state index in [-0.39, 0.29) is 30.0 Å². The Labute approximate surface area is 208 Å². The lowest BCUT2D eigenvalue weighted by molar-refractivity contribution is 0.0623. The second-order valence-corrected chi connectivity index (χ2v) is 11.1. The summed E-state index contributed by atoms with van der Waals surface area (Å²) in [4.78, 5) is 3.34. The Morgan fingerprint density at radius 1 is 1.14 bits per heavy atom. The Morgan fingerprint density at radius 3 is 2.56 bits per heavy atom. The number of sulfonamides is 1. The van der Waals surface area contributed by atoms with Gasteiger partial charge in [-0.05, 0) is 61.4 Å². The minimum atomic E-state index is -3.82. The number of rotatable bonds is 6. The van der Waals surface area contributed by atoms with Crippen molar-refractivity contribution in [3.05, 3.63) is 65.7 Å². The molecule has 1 aliphatic rings. The van der Waals surface area contributed by atoms with Crippen LogP contribution in [0.15, 0.2) is 53.8 Å². The van der Waals surface area contributed by atoms with Crippen molar-refractivity contribution in [2.75, 3.05) is 26.2 Å². The van der Waals surface area contributed by atoms with Crippen LogP contribution in [-0.2, 0) is 17.1 Å². The van der Waals surface area contributed by atoms with Crippen LogP contribution in [0.25, 0.3) is 16.6 Å². The molecule has 36 heavy (non-hydrogen) atoms. The molecule has 1 fully saturated rings. The van der Waals surface area contributed by atoms with Crippen LogP contribution in [0.1, 0.15) is 24.1 Å². The zero-order valence-electron chi connectivity index (χ0n) is 20.3. The minimum absolute atomic E-state index is 0.0829. The summed E-state index contributed by atoms with van der Waals surface area (Å²) in [7, 11) is -2.25. The summed E-state index contributed by atoms with van der Waals surface area (Å²) in [5.41, 5.74) is 3.53. The summed E-state index contributed by atoms with van der Waals surface area (Å²) in [6.45, 7) is 5.07. The van der Waals surface area contributed by atoms with Crippen molar-refractivity contribution in [2.45, 2.75) is 31.0 Å². The molecule has 5 rings (SSSR count). The quantitative estimate of drug-likeness (QED) is 0.420. The van der Waals surface area contributed by atoms with Crippen LogP contribution >= 0.6 is 0 Å². The van der Waals surface area contributed by atoms with Crippen LogP contribution < -0.4 is 0 Å². The molecule has 1 aliphatic heterocycles. The van der Waals surface area contributed by atoms with Gasteiger partial charge in [-0.2, -0.15) is 19.3 Å². The normalized spacial score (nSPS) is 18.6. The fraction of sp³-hybridized carbons (Fsp3) is 0.375. The van der Waals surface area contributed by atoms with E-state index in [1.807, 2.05) is 19.1 Å². The van der Waals surface area contributed by atoms with E-state index in [4.69, 9.17) is 0 Å². The highest BCUT2D eigenvalue weighted by atomic mass is 32.2. The van der Waals surface area contributed by atoms with Crippen molar-refractivity contribution in [1.29, 1.82) is 0 Å². The molecular formula is C24H28FN7O3S. The van der Waals surface area contributed by atoms with Crippen LogP contribution in [0.2, 0.25) is 0 Å². The zero-order valence-corrected chi connectivity index (χ0v) is 21.1. The van der Waals surface area contributed by atoms with Crippen molar-refractivity contribution < 1.29 is 17.9 Å². The number of hydrogen-bond acceptors (Lipinski definition) is 7. The Hall–Kier alpha value is -3.19. The van der Waals surface area contributed by atoms with Crippen LogP contribution in [0.3, 0.4) is 0 Å². The molecule has 2 aromatic carbocycles. The fourth-order valence-corrected chi connectivity index (χ4v) is 6.11. The van der Waals surface area contributed by atoms with Crippen LogP contribution in [0.5, 0.6) is 0 Å². The zero-order chi connectivity index (χ0) is 25.6. The topological polar surface area (TPSA) is 109 Å². The van der Waals surface area contributed by atoms with E-state index in [1.165, 1.54) is 27.4 Å². The molecule has 0 spiro atoms.